The number of alkyl halides is 8. The molecule has 9 atom stereocenters. The molecule has 4 aliphatic carbocycles. The van der Waals surface area contributed by atoms with Crippen LogP contribution in [0.3, 0.4) is 0 Å². The zero-order chi connectivity index (χ0) is 45.8. The van der Waals surface area contributed by atoms with Crippen molar-refractivity contribution in [1.82, 2.24) is 0 Å². The summed E-state index contributed by atoms with van der Waals surface area (Å²) in [5.74, 6) is -0.661. The van der Waals surface area contributed by atoms with Crippen LogP contribution in [-0.2, 0) is 44.9 Å². The van der Waals surface area contributed by atoms with Crippen molar-refractivity contribution >= 4 is 55.1 Å². The van der Waals surface area contributed by atoms with E-state index in [0.29, 0.717) is 37.9 Å². The maximum atomic E-state index is 13.8. The topological polar surface area (TPSA) is 144 Å². The Labute approximate surface area is 357 Å². The normalized spacial score (nSPS) is 30.5. The van der Waals surface area contributed by atoms with Gasteiger partial charge in [-0.3, -0.25) is 19.2 Å². The van der Waals surface area contributed by atoms with Crippen LogP contribution in [0.15, 0.2) is 41.3 Å². The van der Waals surface area contributed by atoms with Gasteiger partial charge in [-0.25, -0.2) is 8.42 Å². The second kappa shape index (κ2) is 17.6. The van der Waals surface area contributed by atoms with Gasteiger partial charge >= 0.3 is 23.6 Å². The van der Waals surface area contributed by atoms with Crippen LogP contribution < -0.4 is 4.74 Å². The Balaban J connectivity index is 0.000000254. The van der Waals surface area contributed by atoms with Crippen LogP contribution in [0.2, 0.25) is 0 Å². The smallest absolute Gasteiger partial charge is 0.432 e. The van der Waals surface area contributed by atoms with Crippen LogP contribution in [0.5, 0.6) is 5.75 Å². The van der Waals surface area contributed by atoms with E-state index in [1.54, 1.807) is 19.9 Å². The standard InChI is InChI=1S/C27H35F5O8S.C16H16F3OS/c1-13(4-7-21(36)40-23(26(28,29)30)27(31,32)41(37,38)39)16-5-6-17-22-18(12-20(35)25(16,17)3)24(2)9-8-15(33)10-14(24)11-19(22)34;17-16(18,19)11-20-14-7-8-15(21-9-3-4-10-21)13-6-2-1-5-12(13)14/h13-14,16-18,22-23H,4-12H2,1-3H3,(H,37,38,39);1-2,5-8H,3-4,9-11H2/q;+1/p-1/t13-,14?,16-,17+,18+,22+,23?,24+,25-;/m1./s1. The Bertz CT molecular complexity index is 2160. The first-order valence-corrected chi connectivity index (χ1v) is 23.7. The third-order valence-corrected chi connectivity index (χ3v) is 17.9. The van der Waals surface area contributed by atoms with E-state index in [2.05, 4.69) is 11.7 Å². The van der Waals surface area contributed by atoms with Crippen LogP contribution in [0, 0.1) is 46.3 Å². The van der Waals surface area contributed by atoms with Crippen molar-refractivity contribution in [3.63, 3.8) is 0 Å². The number of carbonyl (C=O) groups excluding carboxylic acids is 4. The summed E-state index contributed by atoms with van der Waals surface area (Å²) in [6, 6.07) is 11.2. The van der Waals surface area contributed by atoms with Crippen molar-refractivity contribution in [3.8, 4) is 5.75 Å². The van der Waals surface area contributed by atoms with Gasteiger partial charge in [-0.2, -0.15) is 35.1 Å². The predicted molar refractivity (Wildman–Crippen MR) is 210 cm³/mol. The SMILES string of the molecule is C[C@H](CCC(=O)OC(C(F)(F)F)C(F)(F)S(=O)(=O)[O-])[C@H]1CC[C@H]2[C@@H]3C(=O)CC4CC(=O)CC[C@]4(C)[C@H]3CC(=O)[C@]12C.FC(F)(F)COc1ccc([S+]2CCCC2)c2ccccc12. The van der Waals surface area contributed by atoms with Crippen LogP contribution >= 0.6 is 0 Å². The van der Waals surface area contributed by atoms with Crippen LogP contribution in [0.4, 0.5) is 35.1 Å². The van der Waals surface area contributed by atoms with E-state index >= 15 is 0 Å². The maximum Gasteiger partial charge on any atom is 0.432 e. The molecule has 5 aliphatic rings. The van der Waals surface area contributed by atoms with Gasteiger partial charge in [0.25, 0.3) is 6.10 Å². The van der Waals surface area contributed by atoms with Gasteiger partial charge in [-0.05, 0) is 91.7 Å². The number of ketones is 3. The van der Waals surface area contributed by atoms with E-state index in [1.807, 2.05) is 30.3 Å². The summed E-state index contributed by atoms with van der Waals surface area (Å²) in [5.41, 5.74) is -1.25. The molecule has 0 radical (unpaired) electrons. The first-order valence-electron chi connectivity index (χ1n) is 20.8. The van der Waals surface area contributed by atoms with E-state index in [1.165, 1.54) is 29.2 Å². The van der Waals surface area contributed by atoms with Crippen molar-refractivity contribution in [2.75, 3.05) is 18.1 Å². The predicted octanol–water partition coefficient (Wildman–Crippen LogP) is 9.15. The Morgan fingerprint density at radius 3 is 2.16 bits per heavy atom. The molecule has 62 heavy (non-hydrogen) atoms. The van der Waals surface area contributed by atoms with E-state index in [0.717, 1.165) is 10.8 Å². The molecule has 0 aromatic heterocycles. The molecule has 2 aromatic rings. The fraction of sp³-hybridized carbons (Fsp3) is 0.674. The Hall–Kier alpha value is -3.32. The Morgan fingerprint density at radius 2 is 1.55 bits per heavy atom. The molecule has 2 unspecified atom stereocenters. The summed E-state index contributed by atoms with van der Waals surface area (Å²) < 4.78 is 145. The van der Waals surface area contributed by atoms with E-state index in [-0.39, 0.29) is 82.5 Å². The average molecular weight is 927 g/mol. The Kier molecular flexibility index (Phi) is 13.6. The number of rotatable bonds is 10. The van der Waals surface area contributed by atoms with Gasteiger partial charge in [-0.1, -0.05) is 39.0 Å². The van der Waals surface area contributed by atoms with Gasteiger partial charge in [0.05, 0.1) is 0 Å². The minimum atomic E-state index is -6.79. The van der Waals surface area contributed by atoms with Gasteiger partial charge in [0.2, 0.25) is 0 Å². The van der Waals surface area contributed by atoms with Gasteiger partial charge in [-0.15, -0.1) is 0 Å². The number of hydrogen-bond acceptors (Lipinski definition) is 9. The largest absolute Gasteiger partial charge is 0.743 e. The molecule has 344 valence electrons. The quantitative estimate of drug-likeness (QED) is 0.0987. The molecule has 1 saturated heterocycles. The number of ether oxygens (including phenoxy) is 2. The summed E-state index contributed by atoms with van der Waals surface area (Å²) in [6.07, 6.45) is -10.4. The molecule has 2 aromatic carbocycles. The Morgan fingerprint density at radius 1 is 0.903 bits per heavy atom. The fourth-order valence-electron chi connectivity index (χ4n) is 11.2. The van der Waals surface area contributed by atoms with Crippen LogP contribution in [0.1, 0.15) is 91.4 Å². The van der Waals surface area contributed by atoms with E-state index in [4.69, 9.17) is 4.74 Å². The lowest BCUT2D eigenvalue weighted by atomic mass is 9.44. The second-order valence-electron chi connectivity index (χ2n) is 18.0. The zero-order valence-electron chi connectivity index (χ0n) is 34.4. The maximum absolute atomic E-state index is 13.8. The highest BCUT2D eigenvalue weighted by Gasteiger charge is 2.66. The van der Waals surface area contributed by atoms with Crippen LogP contribution in [0.25, 0.3) is 10.8 Å². The third-order valence-electron chi connectivity index (χ3n) is 14.5. The zero-order valence-corrected chi connectivity index (χ0v) is 36.1. The van der Waals surface area contributed by atoms with E-state index < -0.39 is 64.2 Å². The molecule has 0 amide bonds. The van der Waals surface area contributed by atoms with Gasteiger partial charge in [0, 0.05) is 65.1 Å². The van der Waals surface area contributed by atoms with Gasteiger partial charge in [0.15, 0.2) is 21.6 Å². The number of Topliss-reactive ketones (excluding diaryl/α,β-unsaturated/α-hetero) is 3. The molecular formula is C43H50F8O9S2. The van der Waals surface area contributed by atoms with Crippen molar-refractivity contribution in [3.05, 3.63) is 36.4 Å². The van der Waals surface area contributed by atoms with Gasteiger partial charge in [0.1, 0.15) is 34.6 Å². The molecule has 0 bridgehead atoms. The van der Waals surface area contributed by atoms with Crippen molar-refractivity contribution in [1.29, 1.82) is 0 Å². The highest BCUT2D eigenvalue weighted by Crippen LogP contribution is 2.66. The second-order valence-corrected chi connectivity index (χ2v) is 21.7. The fourth-order valence-corrected chi connectivity index (χ4v) is 14.2. The molecule has 1 heterocycles. The average Bonchev–Trinajstić information content (AvgIpc) is 3.84. The molecule has 4 saturated carbocycles. The number of benzene rings is 2. The summed E-state index contributed by atoms with van der Waals surface area (Å²) in [4.78, 5) is 52.8. The van der Waals surface area contributed by atoms with Crippen molar-refractivity contribution < 1.29 is 76.7 Å². The number of esters is 1. The molecule has 0 N–H and O–H groups in total. The van der Waals surface area contributed by atoms with Crippen molar-refractivity contribution in [2.45, 2.75) is 120 Å². The first kappa shape index (κ1) is 48.1. The number of carbonyl (C=O) groups is 4. The highest BCUT2D eigenvalue weighted by atomic mass is 32.2. The van der Waals surface area contributed by atoms with E-state index in [9.17, 15) is 67.3 Å². The number of halogens is 8. The monoisotopic (exact) mass is 926 g/mol. The lowest BCUT2D eigenvalue weighted by molar-refractivity contribution is -0.259. The first-order chi connectivity index (χ1) is 28.7. The minimum absolute atomic E-state index is 0.0373. The summed E-state index contributed by atoms with van der Waals surface area (Å²) in [7, 11) is -6.57. The lowest BCUT2D eigenvalue weighted by Gasteiger charge is -2.58. The van der Waals surface area contributed by atoms with Crippen LogP contribution in [-0.4, -0.2) is 78.1 Å². The molecular weight excluding hydrogens is 877 g/mol. The molecule has 5 fully saturated rings. The summed E-state index contributed by atoms with van der Waals surface area (Å²) in [5, 5.41) is -4.11. The number of hydrogen-bond donors (Lipinski definition) is 0. The summed E-state index contributed by atoms with van der Waals surface area (Å²) >= 11 is 0. The molecule has 9 nitrogen and oxygen atoms in total. The van der Waals surface area contributed by atoms with Gasteiger partial charge < -0.3 is 14.0 Å². The highest BCUT2D eigenvalue weighted by molar-refractivity contribution is 7.97. The number of fused-ring (bicyclic) bond motifs is 6. The molecule has 0 spiro atoms. The molecule has 1 aliphatic heterocycles. The molecule has 19 heteroatoms. The molecule has 7 rings (SSSR count). The third kappa shape index (κ3) is 9.41. The lowest BCUT2D eigenvalue weighted by Crippen LogP contribution is -2.60. The summed E-state index contributed by atoms with van der Waals surface area (Å²) in [6.45, 7) is 4.28. The minimum Gasteiger partial charge on any atom is -0.743 e. The van der Waals surface area contributed by atoms with Crippen molar-refractivity contribution in [2.24, 2.45) is 46.3 Å².